The molecule has 4 rings (SSSR count). The van der Waals surface area contributed by atoms with Gasteiger partial charge in [-0.1, -0.05) is 48.0 Å². The fourth-order valence-electron chi connectivity index (χ4n) is 4.02. The maximum atomic E-state index is 13.4. The van der Waals surface area contributed by atoms with Crippen LogP contribution in [0.2, 0.25) is 0 Å². The molecule has 1 aromatic heterocycles. The number of fused-ring (bicyclic) bond motifs is 1. The fraction of sp³-hybridized carbons (Fsp3) is 0.233. The highest BCUT2D eigenvalue weighted by Gasteiger charge is 2.17. The zero-order valence-electron chi connectivity index (χ0n) is 21.6. The molecular formula is C30H29BrFN3O3. The Bertz CT molecular complexity index is 1550. The van der Waals surface area contributed by atoms with E-state index in [2.05, 4.69) is 27.6 Å². The molecule has 6 nitrogen and oxygen atoms in total. The van der Waals surface area contributed by atoms with Crippen LogP contribution in [-0.2, 0) is 13.0 Å². The van der Waals surface area contributed by atoms with Crippen LogP contribution in [0.1, 0.15) is 48.7 Å². The van der Waals surface area contributed by atoms with Crippen LogP contribution in [-0.4, -0.2) is 23.0 Å². The first-order chi connectivity index (χ1) is 18.3. The lowest BCUT2D eigenvalue weighted by Gasteiger charge is -2.16. The highest BCUT2D eigenvalue weighted by Crippen LogP contribution is 2.34. The summed E-state index contributed by atoms with van der Waals surface area (Å²) in [6.07, 6.45) is 4.73. The number of benzene rings is 3. The Kier molecular flexibility index (Phi) is 8.73. The van der Waals surface area contributed by atoms with Gasteiger partial charge < -0.3 is 9.47 Å². The zero-order chi connectivity index (χ0) is 27.2. The molecule has 196 valence electrons. The zero-order valence-corrected chi connectivity index (χ0v) is 23.2. The Balaban J connectivity index is 1.74. The summed E-state index contributed by atoms with van der Waals surface area (Å²) in [5.74, 6) is 1.42. The van der Waals surface area contributed by atoms with Crippen LogP contribution in [0.4, 0.5) is 4.39 Å². The lowest BCUT2D eigenvalue weighted by Crippen LogP contribution is -2.23. The second-order valence-electron chi connectivity index (χ2n) is 8.92. The molecule has 0 aliphatic rings. The smallest absolute Gasteiger partial charge is 0.282 e. The second kappa shape index (κ2) is 12.2. The van der Waals surface area contributed by atoms with E-state index < -0.39 is 0 Å². The number of hydrogen-bond acceptors (Lipinski definition) is 5. The van der Waals surface area contributed by atoms with Gasteiger partial charge in [0.25, 0.3) is 5.56 Å². The third kappa shape index (κ3) is 6.02. The molecule has 0 fully saturated rings. The van der Waals surface area contributed by atoms with Gasteiger partial charge in [0.2, 0.25) is 0 Å². The van der Waals surface area contributed by atoms with E-state index in [4.69, 9.17) is 14.5 Å². The van der Waals surface area contributed by atoms with Gasteiger partial charge in [-0.2, -0.15) is 9.78 Å². The molecule has 0 amide bonds. The minimum Gasteiger partial charge on any atom is -0.493 e. The average molecular weight is 578 g/mol. The molecule has 0 saturated heterocycles. The average Bonchev–Trinajstić information content (AvgIpc) is 2.92. The molecule has 0 saturated carbocycles. The van der Waals surface area contributed by atoms with E-state index in [1.54, 1.807) is 43.7 Å². The molecular weight excluding hydrogens is 549 g/mol. The monoisotopic (exact) mass is 577 g/mol. The number of allylic oxidation sites excluding steroid dienone is 1. The standard InChI is InChI=1S/C30H29BrFN3O3/c1-5-7-22-14-21(15-27(37-4)28(22)38-18-20-8-11-24(32)12-9-20)17-33-35-29(19(3)6-2)34-26-13-10-23(31)16-25(26)30(35)36/h5,8-17,19H,1,6-7,18H2,2-4H3/t19-/m1/s1. The van der Waals surface area contributed by atoms with Gasteiger partial charge >= 0.3 is 0 Å². The van der Waals surface area contributed by atoms with Crippen molar-refractivity contribution in [1.82, 2.24) is 9.66 Å². The van der Waals surface area contributed by atoms with Gasteiger partial charge in [-0.15, -0.1) is 6.58 Å². The number of rotatable bonds is 10. The molecule has 1 heterocycles. The Morgan fingerprint density at radius 2 is 1.95 bits per heavy atom. The van der Waals surface area contributed by atoms with Crippen molar-refractivity contribution < 1.29 is 13.9 Å². The molecule has 3 aromatic carbocycles. The Labute approximate surface area is 229 Å². The van der Waals surface area contributed by atoms with Crippen molar-refractivity contribution in [3.05, 3.63) is 110 Å². The van der Waals surface area contributed by atoms with Crippen molar-refractivity contribution in [2.75, 3.05) is 7.11 Å². The van der Waals surface area contributed by atoms with E-state index in [-0.39, 0.29) is 23.9 Å². The summed E-state index contributed by atoms with van der Waals surface area (Å²) in [4.78, 5) is 18.2. The van der Waals surface area contributed by atoms with Crippen LogP contribution in [0.5, 0.6) is 11.5 Å². The van der Waals surface area contributed by atoms with Gasteiger partial charge in [-0.25, -0.2) is 9.37 Å². The SMILES string of the molecule is C=CCc1cc(C=Nn2c([C@H](C)CC)nc3ccc(Br)cc3c2=O)cc(OC)c1OCc1ccc(F)cc1. The normalized spacial score (nSPS) is 12.1. The predicted octanol–water partition coefficient (Wildman–Crippen LogP) is 7.01. The largest absolute Gasteiger partial charge is 0.493 e. The first kappa shape index (κ1) is 27.3. The number of nitrogens with zero attached hydrogens (tertiary/aromatic N) is 3. The molecule has 0 aliphatic carbocycles. The summed E-state index contributed by atoms with van der Waals surface area (Å²) in [7, 11) is 1.56. The molecule has 0 aliphatic heterocycles. The molecule has 4 aromatic rings. The van der Waals surface area contributed by atoms with E-state index in [9.17, 15) is 9.18 Å². The summed E-state index contributed by atoms with van der Waals surface area (Å²) in [6, 6.07) is 15.3. The van der Waals surface area contributed by atoms with Crippen LogP contribution >= 0.6 is 15.9 Å². The van der Waals surface area contributed by atoms with Crippen LogP contribution < -0.4 is 15.0 Å². The van der Waals surface area contributed by atoms with Crippen molar-refractivity contribution in [2.45, 2.75) is 39.2 Å². The molecule has 8 heteroatoms. The number of hydrogen-bond donors (Lipinski definition) is 0. The highest BCUT2D eigenvalue weighted by atomic mass is 79.9. The Morgan fingerprint density at radius 3 is 2.63 bits per heavy atom. The highest BCUT2D eigenvalue weighted by molar-refractivity contribution is 9.10. The van der Waals surface area contributed by atoms with Crippen LogP contribution in [0.3, 0.4) is 0 Å². The maximum Gasteiger partial charge on any atom is 0.282 e. The van der Waals surface area contributed by atoms with Crippen molar-refractivity contribution in [3.63, 3.8) is 0 Å². The Morgan fingerprint density at radius 1 is 1.18 bits per heavy atom. The van der Waals surface area contributed by atoms with Crippen molar-refractivity contribution in [3.8, 4) is 11.5 Å². The van der Waals surface area contributed by atoms with Crippen LogP contribution in [0, 0.1) is 5.82 Å². The van der Waals surface area contributed by atoms with Gasteiger partial charge in [0.15, 0.2) is 11.5 Å². The molecule has 0 bridgehead atoms. The van der Waals surface area contributed by atoms with Crippen LogP contribution in [0.15, 0.2) is 81.6 Å². The molecule has 0 N–H and O–H groups in total. The van der Waals surface area contributed by atoms with E-state index in [1.165, 1.54) is 16.8 Å². The van der Waals surface area contributed by atoms with E-state index in [1.807, 2.05) is 32.0 Å². The first-order valence-corrected chi connectivity index (χ1v) is 13.1. The third-order valence-corrected chi connectivity index (χ3v) is 6.74. The van der Waals surface area contributed by atoms with E-state index in [0.717, 1.165) is 27.6 Å². The van der Waals surface area contributed by atoms with Crippen LogP contribution in [0.25, 0.3) is 10.9 Å². The minimum absolute atomic E-state index is 0.0287. The number of halogens is 2. The second-order valence-corrected chi connectivity index (χ2v) is 9.84. The summed E-state index contributed by atoms with van der Waals surface area (Å²) >= 11 is 3.44. The predicted molar refractivity (Wildman–Crippen MR) is 153 cm³/mol. The first-order valence-electron chi connectivity index (χ1n) is 12.3. The van der Waals surface area contributed by atoms with Gasteiger partial charge in [0.05, 0.1) is 24.2 Å². The molecule has 0 unspecified atom stereocenters. The van der Waals surface area contributed by atoms with Gasteiger partial charge in [-0.05, 0) is 66.4 Å². The van der Waals surface area contributed by atoms with Gasteiger partial charge in [0.1, 0.15) is 18.2 Å². The number of methoxy groups -OCH3 is 1. The fourth-order valence-corrected chi connectivity index (χ4v) is 4.38. The number of ether oxygens (including phenoxy) is 2. The van der Waals surface area contributed by atoms with Gasteiger partial charge in [0, 0.05) is 16.0 Å². The van der Waals surface area contributed by atoms with E-state index >= 15 is 0 Å². The topological polar surface area (TPSA) is 65.7 Å². The van der Waals surface area contributed by atoms with Crippen molar-refractivity contribution in [2.24, 2.45) is 5.10 Å². The summed E-state index contributed by atoms with van der Waals surface area (Å²) < 4.78 is 27.2. The summed E-state index contributed by atoms with van der Waals surface area (Å²) in [5.41, 5.74) is 2.80. The van der Waals surface area contributed by atoms with E-state index in [0.29, 0.717) is 34.6 Å². The summed E-state index contributed by atoms with van der Waals surface area (Å²) in [6.45, 7) is 8.19. The lowest BCUT2D eigenvalue weighted by atomic mass is 10.1. The third-order valence-electron chi connectivity index (χ3n) is 6.24. The summed E-state index contributed by atoms with van der Waals surface area (Å²) in [5, 5.41) is 5.06. The molecule has 0 spiro atoms. The minimum atomic E-state index is -0.299. The molecule has 1 atom stereocenters. The number of aromatic nitrogens is 2. The maximum absolute atomic E-state index is 13.4. The quantitative estimate of drug-likeness (QED) is 0.150. The van der Waals surface area contributed by atoms with Gasteiger partial charge in [-0.3, -0.25) is 4.79 Å². The lowest BCUT2D eigenvalue weighted by molar-refractivity contribution is 0.282. The van der Waals surface area contributed by atoms with Crippen molar-refractivity contribution in [1.29, 1.82) is 0 Å². The Hall–Kier alpha value is -3.78. The molecule has 38 heavy (non-hydrogen) atoms. The molecule has 0 radical (unpaired) electrons. The van der Waals surface area contributed by atoms with Crippen molar-refractivity contribution >= 4 is 33.0 Å².